The second-order valence-corrected chi connectivity index (χ2v) is 8.38. The molecule has 172 valence electrons. The lowest BCUT2D eigenvalue weighted by Crippen LogP contribution is -2.27. The topological polar surface area (TPSA) is 140 Å². The van der Waals surface area contributed by atoms with Crippen molar-refractivity contribution in [3.63, 3.8) is 0 Å². The summed E-state index contributed by atoms with van der Waals surface area (Å²) in [5.74, 6) is -0.583. The molecule has 2 aromatic rings. The zero-order valence-electron chi connectivity index (χ0n) is 17.7. The Morgan fingerprint density at radius 3 is 2.22 bits per heavy atom. The molecule has 0 heterocycles. The van der Waals surface area contributed by atoms with Crippen LogP contribution in [0.1, 0.15) is 23.7 Å². The maximum Gasteiger partial charge on any atom is 0.411 e. The zero-order chi connectivity index (χ0) is 23.6. The van der Waals surface area contributed by atoms with Crippen LogP contribution in [0.4, 0.5) is 16.2 Å². The Kier molecular flexibility index (Phi) is 9.32. The van der Waals surface area contributed by atoms with Gasteiger partial charge in [-0.15, -0.1) is 0 Å². The first-order valence-electron chi connectivity index (χ1n) is 9.64. The normalized spacial score (nSPS) is 10.9. The molecule has 2 aromatic carbocycles. The third-order valence-corrected chi connectivity index (χ3v) is 5.61. The van der Waals surface area contributed by atoms with Crippen LogP contribution in [-0.2, 0) is 24.3 Å². The highest BCUT2D eigenvalue weighted by Crippen LogP contribution is 2.16. The van der Waals surface area contributed by atoms with Gasteiger partial charge in [0.25, 0.3) is 0 Å². The van der Waals surface area contributed by atoms with Crippen LogP contribution in [0, 0.1) is 0 Å². The van der Waals surface area contributed by atoms with Gasteiger partial charge in [0.2, 0.25) is 15.9 Å². The lowest BCUT2D eigenvalue weighted by molar-refractivity contribution is -0.116. The van der Waals surface area contributed by atoms with Gasteiger partial charge in [-0.25, -0.2) is 17.9 Å². The number of hydrogen-bond donors (Lipinski definition) is 3. The molecule has 0 spiro atoms. The van der Waals surface area contributed by atoms with Gasteiger partial charge in [0.1, 0.15) is 6.61 Å². The SMILES string of the molecule is COCCOC(=O)Nc1cccc(NC(=O)CCNS(=O)(=O)c2ccc(C(C)=O)cc2)c1. The Morgan fingerprint density at radius 2 is 1.59 bits per heavy atom. The molecule has 0 unspecified atom stereocenters. The smallest absolute Gasteiger partial charge is 0.411 e. The predicted octanol–water partition coefficient (Wildman–Crippen LogP) is 2.39. The number of benzene rings is 2. The van der Waals surface area contributed by atoms with Crippen molar-refractivity contribution in [3.05, 3.63) is 54.1 Å². The molecule has 0 bridgehead atoms. The molecule has 2 rings (SSSR count). The molecule has 0 aliphatic rings. The quantitative estimate of drug-likeness (QED) is 0.343. The highest BCUT2D eigenvalue weighted by molar-refractivity contribution is 7.89. The first-order chi connectivity index (χ1) is 15.2. The monoisotopic (exact) mass is 463 g/mol. The summed E-state index contributed by atoms with van der Waals surface area (Å²) in [5, 5.41) is 5.16. The van der Waals surface area contributed by atoms with E-state index in [4.69, 9.17) is 9.47 Å². The molecule has 3 N–H and O–H groups in total. The van der Waals surface area contributed by atoms with E-state index < -0.39 is 22.0 Å². The van der Waals surface area contributed by atoms with E-state index in [2.05, 4.69) is 15.4 Å². The van der Waals surface area contributed by atoms with Crippen LogP contribution in [0.2, 0.25) is 0 Å². The molecule has 0 saturated carbocycles. The van der Waals surface area contributed by atoms with Crippen LogP contribution in [0.3, 0.4) is 0 Å². The van der Waals surface area contributed by atoms with Crippen molar-refractivity contribution in [1.82, 2.24) is 4.72 Å². The van der Waals surface area contributed by atoms with Crippen molar-refractivity contribution >= 4 is 39.2 Å². The second kappa shape index (κ2) is 11.9. The number of hydrogen-bond acceptors (Lipinski definition) is 7. The summed E-state index contributed by atoms with van der Waals surface area (Å²) in [6, 6.07) is 11.9. The Balaban J connectivity index is 1.83. The summed E-state index contributed by atoms with van der Waals surface area (Å²) in [5.41, 5.74) is 1.25. The molecular formula is C21H25N3O7S. The molecule has 32 heavy (non-hydrogen) atoms. The zero-order valence-corrected chi connectivity index (χ0v) is 18.5. The van der Waals surface area contributed by atoms with E-state index in [0.29, 0.717) is 16.9 Å². The predicted molar refractivity (Wildman–Crippen MR) is 118 cm³/mol. The minimum absolute atomic E-state index is 0.000862. The first-order valence-corrected chi connectivity index (χ1v) is 11.1. The fourth-order valence-corrected chi connectivity index (χ4v) is 3.55. The van der Waals surface area contributed by atoms with Gasteiger partial charge in [-0.3, -0.25) is 14.9 Å². The number of methoxy groups -OCH3 is 1. The fourth-order valence-electron chi connectivity index (χ4n) is 2.52. The lowest BCUT2D eigenvalue weighted by Gasteiger charge is -2.10. The van der Waals surface area contributed by atoms with Crippen LogP contribution in [-0.4, -0.2) is 53.1 Å². The van der Waals surface area contributed by atoms with E-state index in [1.54, 1.807) is 18.2 Å². The number of rotatable bonds is 11. The Labute approximate surface area is 186 Å². The van der Waals surface area contributed by atoms with Crippen LogP contribution >= 0.6 is 0 Å². The number of carbonyl (C=O) groups excluding carboxylic acids is 3. The Bertz CT molecular complexity index is 1050. The number of ether oxygens (including phenoxy) is 2. The van der Waals surface area contributed by atoms with E-state index in [9.17, 15) is 22.8 Å². The molecule has 0 aliphatic heterocycles. The van der Waals surface area contributed by atoms with Crippen LogP contribution in [0.5, 0.6) is 0 Å². The fraction of sp³-hybridized carbons (Fsp3) is 0.286. The van der Waals surface area contributed by atoms with Gasteiger partial charge in [-0.2, -0.15) is 0 Å². The third-order valence-electron chi connectivity index (χ3n) is 4.13. The maximum absolute atomic E-state index is 12.3. The minimum Gasteiger partial charge on any atom is -0.447 e. The molecule has 0 aromatic heterocycles. The van der Waals surface area contributed by atoms with Gasteiger partial charge in [0, 0.05) is 37.0 Å². The lowest BCUT2D eigenvalue weighted by atomic mass is 10.2. The molecular weight excluding hydrogens is 438 g/mol. The molecule has 0 atom stereocenters. The highest BCUT2D eigenvalue weighted by Gasteiger charge is 2.15. The van der Waals surface area contributed by atoms with Crippen molar-refractivity contribution in [2.45, 2.75) is 18.2 Å². The Hall–Kier alpha value is -3.28. The average molecular weight is 464 g/mol. The molecule has 11 heteroatoms. The van der Waals surface area contributed by atoms with E-state index in [0.717, 1.165) is 0 Å². The molecule has 0 radical (unpaired) electrons. The molecule has 0 saturated heterocycles. The average Bonchev–Trinajstić information content (AvgIpc) is 2.74. The molecule has 0 aliphatic carbocycles. The summed E-state index contributed by atoms with van der Waals surface area (Å²) < 4.78 is 36.7. The molecule has 2 amide bonds. The van der Waals surface area contributed by atoms with Gasteiger partial charge < -0.3 is 14.8 Å². The summed E-state index contributed by atoms with van der Waals surface area (Å²) in [6.07, 6.45) is -0.766. The number of anilines is 2. The van der Waals surface area contributed by atoms with Crippen LogP contribution in [0.15, 0.2) is 53.4 Å². The van der Waals surface area contributed by atoms with Crippen molar-refractivity contribution in [3.8, 4) is 0 Å². The number of nitrogens with one attached hydrogen (secondary N) is 3. The highest BCUT2D eigenvalue weighted by atomic mass is 32.2. The van der Waals surface area contributed by atoms with Crippen LogP contribution in [0.25, 0.3) is 0 Å². The molecule has 10 nitrogen and oxygen atoms in total. The van der Waals surface area contributed by atoms with Gasteiger partial charge in [-0.05, 0) is 37.3 Å². The summed E-state index contributed by atoms with van der Waals surface area (Å²) in [4.78, 5) is 35.1. The number of amides is 2. The van der Waals surface area contributed by atoms with E-state index in [-0.39, 0.29) is 36.9 Å². The Morgan fingerprint density at radius 1 is 0.938 bits per heavy atom. The van der Waals surface area contributed by atoms with Crippen molar-refractivity contribution < 1.29 is 32.3 Å². The number of ketones is 1. The second-order valence-electron chi connectivity index (χ2n) is 6.61. The first kappa shape index (κ1) is 25.0. The minimum atomic E-state index is -3.81. The number of Topliss-reactive ketones (excluding diaryl/α,β-unsaturated/α-hetero) is 1. The summed E-state index contributed by atoms with van der Waals surface area (Å²) in [7, 11) is -2.32. The number of carbonyl (C=O) groups is 3. The number of sulfonamides is 1. The summed E-state index contributed by atoms with van der Waals surface area (Å²) in [6.45, 7) is 1.65. The third kappa shape index (κ3) is 8.10. The standard InChI is InChI=1S/C21H25N3O7S/c1-15(25)16-6-8-19(9-7-16)32(28,29)22-11-10-20(26)23-17-4-3-5-18(14-17)24-21(27)31-13-12-30-2/h3-9,14,22H,10-13H2,1-2H3,(H,23,26)(H,24,27). The largest absolute Gasteiger partial charge is 0.447 e. The van der Waals surface area contributed by atoms with Crippen LogP contribution < -0.4 is 15.4 Å². The van der Waals surface area contributed by atoms with E-state index >= 15 is 0 Å². The van der Waals surface area contributed by atoms with Gasteiger partial charge >= 0.3 is 6.09 Å². The van der Waals surface area contributed by atoms with Gasteiger partial charge in [-0.1, -0.05) is 18.2 Å². The maximum atomic E-state index is 12.3. The van der Waals surface area contributed by atoms with E-state index in [1.165, 1.54) is 44.4 Å². The van der Waals surface area contributed by atoms with Crippen molar-refractivity contribution in [2.75, 3.05) is 37.5 Å². The summed E-state index contributed by atoms with van der Waals surface area (Å²) >= 11 is 0. The van der Waals surface area contributed by atoms with Crippen molar-refractivity contribution in [1.29, 1.82) is 0 Å². The molecule has 0 fully saturated rings. The van der Waals surface area contributed by atoms with E-state index in [1.807, 2.05) is 0 Å². The van der Waals surface area contributed by atoms with Gasteiger partial charge in [0.15, 0.2) is 5.78 Å². The van der Waals surface area contributed by atoms with Crippen molar-refractivity contribution in [2.24, 2.45) is 0 Å². The van der Waals surface area contributed by atoms with Gasteiger partial charge in [0.05, 0.1) is 11.5 Å².